The second-order valence-electron chi connectivity index (χ2n) is 6.37. The van der Waals surface area contributed by atoms with Crippen LogP contribution in [0.4, 0.5) is 0 Å². The molecule has 1 aromatic rings. The number of nitrogens with zero attached hydrogens (tertiary/aromatic N) is 4. The van der Waals surface area contributed by atoms with Crippen molar-refractivity contribution in [2.45, 2.75) is 58.7 Å². The lowest BCUT2D eigenvalue weighted by Gasteiger charge is -2.26. The first-order valence-corrected chi connectivity index (χ1v) is 8.96. The van der Waals surface area contributed by atoms with Crippen LogP contribution >= 0.6 is 0 Å². The van der Waals surface area contributed by atoms with Crippen LogP contribution in [0, 0.1) is 0 Å². The quantitative estimate of drug-likeness (QED) is 0.391. The van der Waals surface area contributed by atoms with E-state index in [9.17, 15) is 0 Å². The summed E-state index contributed by atoms with van der Waals surface area (Å²) >= 11 is 0. The van der Waals surface area contributed by atoms with E-state index >= 15 is 0 Å². The Morgan fingerprint density at radius 1 is 1.39 bits per heavy atom. The van der Waals surface area contributed by atoms with E-state index in [4.69, 9.17) is 0 Å². The highest BCUT2D eigenvalue weighted by atomic mass is 15.3. The van der Waals surface area contributed by atoms with Crippen molar-refractivity contribution in [1.29, 1.82) is 0 Å². The van der Waals surface area contributed by atoms with Crippen LogP contribution < -0.4 is 10.6 Å². The standard InChI is InChI=1S/C17H32N6/c1-4-18-17(19-9-5-12-22-13-6-10-21-22)20-11-14-23(15(2)3)16-7-8-16/h6,10,13,15-16H,4-5,7-9,11-12,14H2,1-3H3,(H2,18,19,20). The molecular weight excluding hydrogens is 288 g/mol. The molecule has 23 heavy (non-hydrogen) atoms. The molecule has 1 fully saturated rings. The predicted octanol–water partition coefficient (Wildman–Crippen LogP) is 1.70. The number of aryl methyl sites for hydroxylation is 1. The molecule has 2 N–H and O–H groups in total. The monoisotopic (exact) mass is 320 g/mol. The van der Waals surface area contributed by atoms with E-state index in [0.29, 0.717) is 6.04 Å². The molecule has 0 amide bonds. The summed E-state index contributed by atoms with van der Waals surface area (Å²) in [6.07, 6.45) is 7.53. The highest BCUT2D eigenvalue weighted by Crippen LogP contribution is 2.27. The highest BCUT2D eigenvalue weighted by molar-refractivity contribution is 5.79. The van der Waals surface area contributed by atoms with E-state index in [1.165, 1.54) is 12.8 Å². The van der Waals surface area contributed by atoms with E-state index in [2.05, 4.69) is 46.4 Å². The van der Waals surface area contributed by atoms with Crippen LogP contribution in [0.1, 0.15) is 40.0 Å². The Labute approximate surface area is 140 Å². The van der Waals surface area contributed by atoms with Crippen LogP contribution in [0.3, 0.4) is 0 Å². The normalized spacial score (nSPS) is 15.4. The average molecular weight is 320 g/mol. The van der Waals surface area contributed by atoms with Gasteiger partial charge in [0.15, 0.2) is 5.96 Å². The van der Waals surface area contributed by atoms with E-state index in [1.54, 1.807) is 0 Å². The van der Waals surface area contributed by atoms with Crippen LogP contribution in [0.2, 0.25) is 0 Å². The highest BCUT2D eigenvalue weighted by Gasteiger charge is 2.29. The van der Waals surface area contributed by atoms with Gasteiger partial charge in [-0.3, -0.25) is 14.6 Å². The molecular formula is C17H32N6. The van der Waals surface area contributed by atoms with Crippen molar-refractivity contribution in [1.82, 2.24) is 25.3 Å². The first kappa shape index (κ1) is 17.8. The molecule has 0 aliphatic heterocycles. The lowest BCUT2D eigenvalue weighted by molar-refractivity contribution is 0.215. The van der Waals surface area contributed by atoms with Gasteiger partial charge in [-0.15, -0.1) is 0 Å². The second kappa shape index (κ2) is 9.55. The topological polar surface area (TPSA) is 57.5 Å². The molecule has 0 bridgehead atoms. The Balaban J connectivity index is 1.68. The zero-order valence-corrected chi connectivity index (χ0v) is 14.8. The molecule has 0 aromatic carbocycles. The third-order valence-corrected chi connectivity index (χ3v) is 4.06. The number of aliphatic imine (C=N–C) groups is 1. The van der Waals surface area contributed by atoms with Crippen molar-refractivity contribution in [3.8, 4) is 0 Å². The van der Waals surface area contributed by atoms with Gasteiger partial charge in [0.1, 0.15) is 0 Å². The van der Waals surface area contributed by atoms with Gasteiger partial charge in [0, 0.05) is 57.2 Å². The predicted molar refractivity (Wildman–Crippen MR) is 95.7 cm³/mol. The molecule has 130 valence electrons. The SMILES string of the molecule is CCNC(=NCCCn1cccn1)NCCN(C(C)C)C1CC1. The van der Waals surface area contributed by atoms with Gasteiger partial charge in [-0.25, -0.2) is 0 Å². The summed E-state index contributed by atoms with van der Waals surface area (Å²) in [7, 11) is 0. The Morgan fingerprint density at radius 2 is 2.22 bits per heavy atom. The van der Waals surface area contributed by atoms with Crippen LogP contribution in [0.5, 0.6) is 0 Å². The Morgan fingerprint density at radius 3 is 2.83 bits per heavy atom. The summed E-state index contributed by atoms with van der Waals surface area (Å²) in [5.74, 6) is 0.924. The summed E-state index contributed by atoms with van der Waals surface area (Å²) in [4.78, 5) is 7.24. The summed E-state index contributed by atoms with van der Waals surface area (Å²) < 4.78 is 1.95. The molecule has 0 spiro atoms. The first-order valence-electron chi connectivity index (χ1n) is 8.96. The molecule has 1 aliphatic rings. The summed E-state index contributed by atoms with van der Waals surface area (Å²) in [6, 6.07) is 3.39. The molecule has 6 nitrogen and oxygen atoms in total. The number of hydrogen-bond donors (Lipinski definition) is 2. The first-order chi connectivity index (χ1) is 11.2. The molecule has 1 heterocycles. The molecule has 1 aromatic heterocycles. The fraction of sp³-hybridized carbons (Fsp3) is 0.765. The third-order valence-electron chi connectivity index (χ3n) is 4.06. The van der Waals surface area contributed by atoms with Gasteiger partial charge in [0.25, 0.3) is 0 Å². The van der Waals surface area contributed by atoms with Gasteiger partial charge in [0.2, 0.25) is 0 Å². The Kier molecular flexibility index (Phi) is 7.39. The van der Waals surface area contributed by atoms with Crippen molar-refractivity contribution in [2.24, 2.45) is 4.99 Å². The van der Waals surface area contributed by atoms with E-state index < -0.39 is 0 Å². The maximum atomic E-state index is 4.65. The minimum Gasteiger partial charge on any atom is -0.357 e. The van der Waals surface area contributed by atoms with Gasteiger partial charge in [0.05, 0.1) is 0 Å². The van der Waals surface area contributed by atoms with Crippen LogP contribution in [-0.4, -0.2) is 58.9 Å². The average Bonchev–Trinajstić information content (AvgIpc) is 3.22. The fourth-order valence-corrected chi connectivity index (χ4v) is 2.77. The second-order valence-corrected chi connectivity index (χ2v) is 6.37. The number of nitrogens with one attached hydrogen (secondary N) is 2. The van der Waals surface area contributed by atoms with Crippen molar-refractivity contribution >= 4 is 5.96 Å². The van der Waals surface area contributed by atoms with Crippen molar-refractivity contribution in [3.05, 3.63) is 18.5 Å². The maximum absolute atomic E-state index is 4.65. The fourth-order valence-electron chi connectivity index (χ4n) is 2.77. The van der Waals surface area contributed by atoms with Crippen molar-refractivity contribution in [2.75, 3.05) is 26.2 Å². The van der Waals surface area contributed by atoms with Gasteiger partial charge in [-0.2, -0.15) is 5.10 Å². The molecule has 0 unspecified atom stereocenters. The largest absolute Gasteiger partial charge is 0.357 e. The minimum atomic E-state index is 0.623. The molecule has 0 saturated heterocycles. The summed E-state index contributed by atoms with van der Waals surface area (Å²) in [6.45, 7) is 11.3. The lowest BCUT2D eigenvalue weighted by atomic mass is 10.3. The lowest BCUT2D eigenvalue weighted by Crippen LogP contribution is -2.44. The van der Waals surface area contributed by atoms with Crippen LogP contribution in [0.15, 0.2) is 23.5 Å². The van der Waals surface area contributed by atoms with Crippen molar-refractivity contribution < 1.29 is 0 Å². The van der Waals surface area contributed by atoms with Gasteiger partial charge in [-0.1, -0.05) is 0 Å². The number of rotatable bonds is 10. The molecule has 6 heteroatoms. The number of hydrogen-bond acceptors (Lipinski definition) is 3. The molecule has 2 rings (SSSR count). The van der Waals surface area contributed by atoms with Gasteiger partial charge in [-0.05, 0) is 46.1 Å². The smallest absolute Gasteiger partial charge is 0.191 e. The molecule has 0 radical (unpaired) electrons. The molecule has 1 aliphatic carbocycles. The maximum Gasteiger partial charge on any atom is 0.191 e. The zero-order valence-electron chi connectivity index (χ0n) is 14.8. The summed E-state index contributed by atoms with van der Waals surface area (Å²) in [5, 5.41) is 11.0. The van der Waals surface area contributed by atoms with Crippen LogP contribution in [-0.2, 0) is 6.54 Å². The number of aromatic nitrogens is 2. The van der Waals surface area contributed by atoms with Gasteiger partial charge < -0.3 is 10.6 Å². The molecule has 1 saturated carbocycles. The third kappa shape index (κ3) is 6.60. The zero-order chi connectivity index (χ0) is 16.5. The van der Waals surface area contributed by atoms with Gasteiger partial charge >= 0.3 is 0 Å². The van der Waals surface area contributed by atoms with E-state index in [-0.39, 0.29) is 0 Å². The summed E-state index contributed by atoms with van der Waals surface area (Å²) in [5.41, 5.74) is 0. The van der Waals surface area contributed by atoms with E-state index in [1.807, 2.05) is 23.1 Å². The molecule has 0 atom stereocenters. The Bertz CT molecular complexity index is 448. The van der Waals surface area contributed by atoms with Crippen molar-refractivity contribution in [3.63, 3.8) is 0 Å². The Hall–Kier alpha value is -1.56. The van der Waals surface area contributed by atoms with E-state index in [0.717, 1.165) is 51.1 Å². The number of guanidine groups is 1. The van der Waals surface area contributed by atoms with Crippen LogP contribution in [0.25, 0.3) is 0 Å². The minimum absolute atomic E-state index is 0.623.